The summed E-state index contributed by atoms with van der Waals surface area (Å²) in [5.74, 6) is 3.75. The summed E-state index contributed by atoms with van der Waals surface area (Å²) >= 11 is 0. The first-order valence-electron chi connectivity index (χ1n) is 10.5. The van der Waals surface area contributed by atoms with Gasteiger partial charge >= 0.3 is 0 Å². The van der Waals surface area contributed by atoms with Crippen LogP contribution in [0.2, 0.25) is 0 Å². The van der Waals surface area contributed by atoms with Gasteiger partial charge in [-0.15, -0.1) is 0 Å². The quantitative estimate of drug-likeness (QED) is 0.710. The molecule has 25 heavy (non-hydrogen) atoms. The van der Waals surface area contributed by atoms with E-state index in [-0.39, 0.29) is 16.7 Å². The zero-order valence-electron chi connectivity index (χ0n) is 16.7. The molecule has 1 heterocycles. The van der Waals surface area contributed by atoms with Gasteiger partial charge in [0.2, 0.25) is 5.91 Å². The Morgan fingerprint density at radius 1 is 1.08 bits per heavy atom. The molecule has 3 heteroatoms. The van der Waals surface area contributed by atoms with Gasteiger partial charge in [0.05, 0.1) is 0 Å². The van der Waals surface area contributed by atoms with Gasteiger partial charge in [-0.25, -0.2) is 0 Å². The SMILES string of the molecule is CC(=O)[C@H]1[C@@H](C)C[C@H]2[C@@H]3CC[C@@H]4N(C)C(=O)CC[C@]4(C)[C@H]3CC[C@@]21C. The standard InChI is InChI=1S/C22H35NO2/c1-13-12-17-15-6-7-18-21(3,11-9-19(25)23(18)5)16(15)8-10-22(17,4)20(13)14(2)24/h13,15-18,20H,6-12H2,1-5H3/t13-,15+,16-,17-,18-,20+,21+,22-/m0/s1. The number of nitrogens with zero attached hydrogens (tertiary/aromatic N) is 1. The summed E-state index contributed by atoms with van der Waals surface area (Å²) in [6, 6.07) is 0.432. The predicted octanol–water partition coefficient (Wildman–Crippen LogP) is 4.30. The number of hydrogen-bond donors (Lipinski definition) is 0. The van der Waals surface area contributed by atoms with Crippen LogP contribution < -0.4 is 0 Å². The second kappa shape index (κ2) is 5.57. The third-order valence-electron chi connectivity index (χ3n) is 9.34. The number of Topliss-reactive ketones (excluding diaryl/α,β-unsaturated/α-hetero) is 1. The van der Waals surface area contributed by atoms with Gasteiger partial charge in [0, 0.05) is 25.4 Å². The minimum Gasteiger partial charge on any atom is -0.342 e. The molecule has 0 unspecified atom stereocenters. The van der Waals surface area contributed by atoms with Gasteiger partial charge in [0.25, 0.3) is 0 Å². The molecule has 4 aliphatic rings. The van der Waals surface area contributed by atoms with Gasteiger partial charge in [-0.2, -0.15) is 0 Å². The number of piperidine rings is 1. The lowest BCUT2D eigenvalue weighted by Gasteiger charge is -2.61. The van der Waals surface area contributed by atoms with Crippen LogP contribution in [0.4, 0.5) is 0 Å². The third-order valence-corrected chi connectivity index (χ3v) is 9.34. The lowest BCUT2D eigenvalue weighted by Crippen LogP contribution is -2.61. The zero-order valence-corrected chi connectivity index (χ0v) is 16.7. The smallest absolute Gasteiger partial charge is 0.222 e. The van der Waals surface area contributed by atoms with Gasteiger partial charge in [-0.05, 0) is 80.0 Å². The molecule has 4 fully saturated rings. The van der Waals surface area contributed by atoms with Gasteiger partial charge in [-0.1, -0.05) is 20.8 Å². The summed E-state index contributed by atoms with van der Waals surface area (Å²) in [5, 5.41) is 0. The van der Waals surface area contributed by atoms with Gasteiger partial charge < -0.3 is 4.90 Å². The van der Waals surface area contributed by atoms with Crippen molar-refractivity contribution in [1.82, 2.24) is 4.90 Å². The van der Waals surface area contributed by atoms with Crippen molar-refractivity contribution in [3.8, 4) is 0 Å². The number of ketones is 1. The molecule has 0 spiro atoms. The van der Waals surface area contributed by atoms with Gasteiger partial charge in [0.15, 0.2) is 0 Å². The fraction of sp³-hybridized carbons (Fsp3) is 0.909. The molecule has 3 saturated carbocycles. The molecule has 0 aromatic carbocycles. The molecule has 4 rings (SSSR count). The molecular weight excluding hydrogens is 310 g/mol. The zero-order chi connectivity index (χ0) is 18.1. The maximum atomic E-state index is 12.4. The molecule has 8 atom stereocenters. The minimum absolute atomic E-state index is 0.214. The Labute approximate surface area is 152 Å². The second-order valence-corrected chi connectivity index (χ2v) is 10.3. The van der Waals surface area contributed by atoms with E-state index in [1.165, 1.54) is 25.7 Å². The average molecular weight is 346 g/mol. The Morgan fingerprint density at radius 3 is 2.48 bits per heavy atom. The van der Waals surface area contributed by atoms with Crippen LogP contribution in [-0.4, -0.2) is 29.7 Å². The van der Waals surface area contributed by atoms with E-state index in [0.717, 1.165) is 31.1 Å². The van der Waals surface area contributed by atoms with Crippen molar-refractivity contribution >= 4 is 11.7 Å². The highest BCUT2D eigenvalue weighted by Crippen LogP contribution is 2.67. The Bertz CT molecular complexity index is 601. The second-order valence-electron chi connectivity index (χ2n) is 10.3. The minimum atomic E-state index is 0.214. The van der Waals surface area contributed by atoms with E-state index in [1.54, 1.807) is 0 Å². The van der Waals surface area contributed by atoms with Crippen molar-refractivity contribution in [3.63, 3.8) is 0 Å². The first-order valence-corrected chi connectivity index (χ1v) is 10.5. The van der Waals surface area contributed by atoms with E-state index < -0.39 is 0 Å². The fourth-order valence-corrected chi connectivity index (χ4v) is 8.38. The number of likely N-dealkylation sites (tertiary alicyclic amines) is 1. The molecular formula is C22H35NO2. The van der Waals surface area contributed by atoms with Crippen molar-refractivity contribution in [1.29, 1.82) is 0 Å². The van der Waals surface area contributed by atoms with Crippen LogP contribution in [0.15, 0.2) is 0 Å². The van der Waals surface area contributed by atoms with Crippen molar-refractivity contribution in [2.45, 2.75) is 78.7 Å². The fourth-order valence-electron chi connectivity index (χ4n) is 8.38. The Balaban J connectivity index is 1.66. The van der Waals surface area contributed by atoms with Gasteiger partial charge in [0.1, 0.15) is 5.78 Å². The monoisotopic (exact) mass is 345 g/mol. The maximum absolute atomic E-state index is 12.4. The largest absolute Gasteiger partial charge is 0.342 e. The maximum Gasteiger partial charge on any atom is 0.222 e. The first kappa shape index (κ1) is 17.5. The van der Waals surface area contributed by atoms with Crippen LogP contribution in [0, 0.1) is 40.4 Å². The molecule has 0 N–H and O–H groups in total. The van der Waals surface area contributed by atoms with Crippen LogP contribution in [0.5, 0.6) is 0 Å². The van der Waals surface area contributed by atoms with E-state index in [1.807, 2.05) is 14.0 Å². The number of carbonyl (C=O) groups is 2. The Kier molecular flexibility index (Phi) is 3.91. The molecule has 1 amide bonds. The number of hydrogen-bond acceptors (Lipinski definition) is 2. The molecule has 3 nitrogen and oxygen atoms in total. The lowest BCUT2D eigenvalue weighted by atomic mass is 9.46. The summed E-state index contributed by atoms with van der Waals surface area (Å²) in [6.45, 7) is 9.03. The van der Waals surface area contributed by atoms with Crippen molar-refractivity contribution < 1.29 is 9.59 Å². The lowest BCUT2D eigenvalue weighted by molar-refractivity contribution is -0.159. The van der Waals surface area contributed by atoms with E-state index in [9.17, 15) is 9.59 Å². The van der Waals surface area contributed by atoms with Crippen LogP contribution in [-0.2, 0) is 9.59 Å². The summed E-state index contributed by atoms with van der Waals surface area (Å²) in [4.78, 5) is 26.7. The van der Waals surface area contributed by atoms with E-state index >= 15 is 0 Å². The van der Waals surface area contributed by atoms with Crippen LogP contribution >= 0.6 is 0 Å². The topological polar surface area (TPSA) is 37.4 Å². The van der Waals surface area contributed by atoms with Crippen LogP contribution in [0.25, 0.3) is 0 Å². The molecule has 0 aromatic heterocycles. The molecule has 1 aliphatic heterocycles. The molecule has 0 aromatic rings. The van der Waals surface area contributed by atoms with Gasteiger partial charge in [-0.3, -0.25) is 9.59 Å². The molecule has 1 saturated heterocycles. The summed E-state index contributed by atoms with van der Waals surface area (Å²) in [7, 11) is 2.03. The number of amides is 1. The number of rotatable bonds is 1. The normalized spacial score (nSPS) is 52.4. The average Bonchev–Trinajstić information content (AvgIpc) is 2.81. The highest BCUT2D eigenvalue weighted by molar-refractivity contribution is 5.80. The summed E-state index contributed by atoms with van der Waals surface area (Å²) < 4.78 is 0. The molecule has 0 radical (unpaired) electrons. The highest BCUT2D eigenvalue weighted by Gasteiger charge is 2.63. The summed E-state index contributed by atoms with van der Waals surface area (Å²) in [5.41, 5.74) is 0.496. The van der Waals surface area contributed by atoms with Crippen LogP contribution in [0.1, 0.15) is 72.6 Å². The Morgan fingerprint density at radius 2 is 1.80 bits per heavy atom. The van der Waals surface area contributed by atoms with E-state index in [4.69, 9.17) is 0 Å². The predicted molar refractivity (Wildman–Crippen MR) is 98.9 cm³/mol. The first-order chi connectivity index (χ1) is 11.7. The van der Waals surface area contributed by atoms with Crippen molar-refractivity contribution in [2.75, 3.05) is 7.05 Å². The highest BCUT2D eigenvalue weighted by atomic mass is 16.2. The Hall–Kier alpha value is -0.860. The summed E-state index contributed by atoms with van der Waals surface area (Å²) in [6.07, 6.45) is 7.89. The van der Waals surface area contributed by atoms with Crippen LogP contribution in [0.3, 0.4) is 0 Å². The van der Waals surface area contributed by atoms with E-state index in [2.05, 4.69) is 25.7 Å². The molecule has 140 valence electrons. The number of carbonyl (C=O) groups excluding carboxylic acids is 2. The molecule has 0 bridgehead atoms. The molecule has 3 aliphatic carbocycles. The number of fused-ring (bicyclic) bond motifs is 5. The third kappa shape index (κ3) is 2.23. The van der Waals surface area contributed by atoms with Crippen molar-refractivity contribution in [3.05, 3.63) is 0 Å². The van der Waals surface area contributed by atoms with E-state index in [0.29, 0.717) is 29.6 Å². The van der Waals surface area contributed by atoms with Crippen molar-refractivity contribution in [2.24, 2.45) is 40.4 Å².